The number of ether oxygens (including phenoxy) is 1. The summed E-state index contributed by atoms with van der Waals surface area (Å²) >= 11 is 1.87. The van der Waals surface area contributed by atoms with Crippen molar-refractivity contribution in [3.8, 4) is 5.75 Å². The Morgan fingerprint density at radius 2 is 1.85 bits per heavy atom. The van der Waals surface area contributed by atoms with E-state index in [1.165, 1.54) is 39.9 Å². The fraction of sp³-hybridized carbons (Fsp3) is 0.429. The molecule has 1 aliphatic carbocycles. The molecule has 3 heterocycles. The molecule has 1 saturated heterocycles. The quantitative estimate of drug-likeness (QED) is 0.679. The van der Waals surface area contributed by atoms with E-state index in [1.54, 1.807) is 6.33 Å². The highest BCUT2D eigenvalue weighted by Gasteiger charge is 2.25. The third kappa shape index (κ3) is 3.39. The zero-order chi connectivity index (χ0) is 18.1. The molecule has 1 aromatic carbocycles. The van der Waals surface area contributed by atoms with Crippen LogP contribution in [0, 0.1) is 0 Å². The maximum absolute atomic E-state index is 5.84. The average molecular weight is 381 g/mol. The van der Waals surface area contributed by atoms with Crippen LogP contribution in [-0.2, 0) is 12.8 Å². The van der Waals surface area contributed by atoms with Crippen LogP contribution in [0.15, 0.2) is 36.7 Å². The van der Waals surface area contributed by atoms with Gasteiger partial charge in [-0.3, -0.25) is 4.90 Å². The number of para-hydroxylation sites is 1. The molecule has 0 radical (unpaired) electrons. The minimum absolute atomic E-state index is 0.736. The van der Waals surface area contributed by atoms with Crippen LogP contribution in [0.1, 0.15) is 16.9 Å². The number of rotatable bonds is 5. The van der Waals surface area contributed by atoms with Gasteiger partial charge in [0.15, 0.2) is 0 Å². The monoisotopic (exact) mass is 380 g/mol. The molecule has 1 fully saturated rings. The van der Waals surface area contributed by atoms with Crippen LogP contribution in [0.5, 0.6) is 5.75 Å². The number of anilines is 1. The van der Waals surface area contributed by atoms with Gasteiger partial charge in [0.25, 0.3) is 0 Å². The molecule has 6 heteroatoms. The van der Waals surface area contributed by atoms with Gasteiger partial charge >= 0.3 is 0 Å². The van der Waals surface area contributed by atoms with Crippen molar-refractivity contribution in [1.29, 1.82) is 0 Å². The Hall–Kier alpha value is -2.18. The minimum atomic E-state index is 0.736. The number of nitrogens with zero attached hydrogens (tertiary/aromatic N) is 4. The molecule has 0 atom stereocenters. The summed E-state index contributed by atoms with van der Waals surface area (Å²) in [6.45, 7) is 5.84. The third-order valence-corrected chi connectivity index (χ3v) is 6.77. The summed E-state index contributed by atoms with van der Waals surface area (Å²) in [6.07, 6.45) is 5.42. The largest absolute Gasteiger partial charge is 0.492 e. The van der Waals surface area contributed by atoms with Crippen LogP contribution in [-0.4, -0.2) is 54.2 Å². The highest BCUT2D eigenvalue weighted by atomic mass is 32.1. The second-order valence-electron chi connectivity index (χ2n) is 7.22. The van der Waals surface area contributed by atoms with Crippen molar-refractivity contribution in [3.63, 3.8) is 0 Å². The first-order valence-corrected chi connectivity index (χ1v) is 10.6. The lowest BCUT2D eigenvalue weighted by Crippen LogP contribution is -2.47. The summed E-state index contributed by atoms with van der Waals surface area (Å²) in [7, 11) is 0. The van der Waals surface area contributed by atoms with Gasteiger partial charge in [0.2, 0.25) is 0 Å². The lowest BCUT2D eigenvalue weighted by atomic mass is 10.1. The van der Waals surface area contributed by atoms with E-state index in [2.05, 4.69) is 19.8 Å². The van der Waals surface area contributed by atoms with Crippen LogP contribution < -0.4 is 9.64 Å². The number of piperazine rings is 1. The molecule has 1 aliphatic heterocycles. The predicted molar refractivity (Wildman–Crippen MR) is 110 cm³/mol. The van der Waals surface area contributed by atoms with Crippen LogP contribution in [0.25, 0.3) is 10.2 Å². The maximum atomic E-state index is 5.84. The molecule has 0 saturated carbocycles. The Balaban J connectivity index is 1.22. The molecule has 0 amide bonds. The first kappa shape index (κ1) is 17.0. The van der Waals surface area contributed by atoms with Crippen molar-refractivity contribution in [2.75, 3.05) is 44.2 Å². The van der Waals surface area contributed by atoms with Gasteiger partial charge in [0, 0.05) is 37.6 Å². The SMILES string of the molecule is c1ccc(OCCN2CCN(c3ncnc4sc5c(c34)CCC5)CC2)cc1. The number of thiophene rings is 1. The number of aromatic nitrogens is 2. The third-order valence-electron chi connectivity index (χ3n) is 5.57. The van der Waals surface area contributed by atoms with Gasteiger partial charge in [-0.05, 0) is 37.0 Å². The molecule has 27 heavy (non-hydrogen) atoms. The lowest BCUT2D eigenvalue weighted by molar-refractivity contribution is 0.200. The highest BCUT2D eigenvalue weighted by Crippen LogP contribution is 2.40. The van der Waals surface area contributed by atoms with Gasteiger partial charge in [0.05, 0.1) is 5.39 Å². The summed E-state index contributed by atoms with van der Waals surface area (Å²) < 4.78 is 5.84. The number of hydrogen-bond acceptors (Lipinski definition) is 6. The van der Waals surface area contributed by atoms with E-state index in [4.69, 9.17) is 4.74 Å². The van der Waals surface area contributed by atoms with E-state index in [1.807, 2.05) is 41.7 Å². The molecule has 2 aliphatic rings. The number of benzene rings is 1. The summed E-state index contributed by atoms with van der Waals surface area (Å²) in [5, 5.41) is 1.33. The topological polar surface area (TPSA) is 41.5 Å². The van der Waals surface area contributed by atoms with Gasteiger partial charge < -0.3 is 9.64 Å². The van der Waals surface area contributed by atoms with E-state index in [-0.39, 0.29) is 0 Å². The van der Waals surface area contributed by atoms with Crippen LogP contribution in [0.2, 0.25) is 0 Å². The molecule has 2 aromatic heterocycles. The predicted octanol–water partition coefficient (Wildman–Crippen LogP) is 3.38. The molecule has 3 aromatic rings. The molecule has 0 N–H and O–H groups in total. The molecule has 5 rings (SSSR count). The smallest absolute Gasteiger partial charge is 0.141 e. The van der Waals surface area contributed by atoms with Gasteiger partial charge in [-0.1, -0.05) is 18.2 Å². The molecule has 0 spiro atoms. The molecule has 5 nitrogen and oxygen atoms in total. The fourth-order valence-corrected chi connectivity index (χ4v) is 5.37. The molecular weight excluding hydrogens is 356 g/mol. The summed E-state index contributed by atoms with van der Waals surface area (Å²) in [4.78, 5) is 16.9. The van der Waals surface area contributed by atoms with Gasteiger partial charge in [-0.15, -0.1) is 11.3 Å². The second-order valence-corrected chi connectivity index (χ2v) is 8.31. The standard InChI is InChI=1S/C21H24N4OS/c1-2-5-16(6-3-1)26-14-13-24-9-11-25(12-10-24)20-19-17-7-4-8-18(17)27-21(19)23-15-22-20/h1-3,5-6,15H,4,7-14H2. The van der Waals surface area contributed by atoms with Gasteiger partial charge in [-0.2, -0.15) is 0 Å². The Bertz CT molecular complexity index is 919. The first-order valence-electron chi connectivity index (χ1n) is 9.79. The molecule has 0 unspecified atom stereocenters. The summed E-state index contributed by atoms with van der Waals surface area (Å²) in [5.74, 6) is 2.10. The molecule has 0 bridgehead atoms. The van der Waals surface area contributed by atoms with Crippen molar-refractivity contribution in [3.05, 3.63) is 47.1 Å². The zero-order valence-corrected chi connectivity index (χ0v) is 16.2. The van der Waals surface area contributed by atoms with Crippen molar-refractivity contribution < 1.29 is 4.74 Å². The van der Waals surface area contributed by atoms with Crippen LogP contribution in [0.4, 0.5) is 5.82 Å². The lowest BCUT2D eigenvalue weighted by Gasteiger charge is -2.35. The van der Waals surface area contributed by atoms with E-state index >= 15 is 0 Å². The van der Waals surface area contributed by atoms with Crippen molar-refractivity contribution in [1.82, 2.24) is 14.9 Å². The fourth-order valence-electron chi connectivity index (χ4n) is 4.14. The summed E-state index contributed by atoms with van der Waals surface area (Å²) in [6, 6.07) is 10.1. The van der Waals surface area contributed by atoms with Crippen LogP contribution in [0.3, 0.4) is 0 Å². The highest BCUT2D eigenvalue weighted by molar-refractivity contribution is 7.19. The summed E-state index contributed by atoms with van der Waals surface area (Å²) in [5.41, 5.74) is 1.52. The Kier molecular flexibility index (Phi) is 4.67. The number of hydrogen-bond donors (Lipinski definition) is 0. The molecule has 140 valence electrons. The van der Waals surface area contributed by atoms with Gasteiger partial charge in [0.1, 0.15) is 29.3 Å². The van der Waals surface area contributed by atoms with E-state index in [0.29, 0.717) is 0 Å². The number of aryl methyl sites for hydroxylation is 2. The van der Waals surface area contributed by atoms with Gasteiger partial charge in [-0.25, -0.2) is 9.97 Å². The van der Waals surface area contributed by atoms with E-state index < -0.39 is 0 Å². The first-order chi connectivity index (χ1) is 13.4. The Morgan fingerprint density at radius 1 is 1.00 bits per heavy atom. The average Bonchev–Trinajstić information content (AvgIpc) is 3.30. The van der Waals surface area contributed by atoms with Crippen molar-refractivity contribution in [2.24, 2.45) is 0 Å². The van der Waals surface area contributed by atoms with Crippen molar-refractivity contribution >= 4 is 27.4 Å². The van der Waals surface area contributed by atoms with E-state index in [9.17, 15) is 0 Å². The number of fused-ring (bicyclic) bond motifs is 3. The van der Waals surface area contributed by atoms with Crippen LogP contribution >= 0.6 is 11.3 Å². The normalized spacial score (nSPS) is 17.4. The van der Waals surface area contributed by atoms with Crippen molar-refractivity contribution in [2.45, 2.75) is 19.3 Å². The Labute approximate surface area is 163 Å². The Morgan fingerprint density at radius 3 is 2.70 bits per heavy atom. The molecular formula is C21H24N4OS. The van der Waals surface area contributed by atoms with E-state index in [0.717, 1.165) is 50.9 Å². The second kappa shape index (κ2) is 7.44. The maximum Gasteiger partial charge on any atom is 0.141 e. The zero-order valence-electron chi connectivity index (χ0n) is 15.4. The minimum Gasteiger partial charge on any atom is -0.492 e.